The van der Waals surface area contributed by atoms with Crippen LogP contribution in [0.2, 0.25) is 0 Å². The molecule has 1 nitrogen and oxygen atoms in total. The predicted octanol–water partition coefficient (Wildman–Crippen LogP) is 8.16. The van der Waals surface area contributed by atoms with Crippen LogP contribution in [-0.2, 0) is 4.74 Å². The van der Waals surface area contributed by atoms with Crippen molar-refractivity contribution < 1.29 is 4.74 Å². The third-order valence-electron chi connectivity index (χ3n) is 8.42. The summed E-state index contributed by atoms with van der Waals surface area (Å²) in [5.41, 5.74) is 0. The molecule has 0 aliphatic heterocycles. The van der Waals surface area contributed by atoms with Crippen LogP contribution in [0.25, 0.3) is 0 Å². The lowest BCUT2D eigenvalue weighted by Gasteiger charge is -2.50. The van der Waals surface area contributed by atoms with Crippen LogP contribution in [0.1, 0.15) is 123 Å². The molecule has 27 heavy (non-hydrogen) atoms. The molecule has 0 aromatic heterocycles. The first-order chi connectivity index (χ1) is 13.3. The third-order valence-corrected chi connectivity index (χ3v) is 8.42. The molecule has 1 heteroatoms. The van der Waals surface area contributed by atoms with Crippen LogP contribution < -0.4 is 0 Å². The standard InChI is InChI=1S/C26H48O/c1-3-5-7-8-10-18-27-24-15-17-26-23(20-24)14-13-22-19-21(11-9-6-4-2)12-16-25(22)26/h21-26H,3-20H2,1-2H3/t21-,22?,23?,24-,25?,26?/m1/s1. The van der Waals surface area contributed by atoms with E-state index >= 15 is 0 Å². The Hall–Kier alpha value is -0.0400. The maximum absolute atomic E-state index is 6.32. The summed E-state index contributed by atoms with van der Waals surface area (Å²) in [7, 11) is 0. The van der Waals surface area contributed by atoms with E-state index in [0.29, 0.717) is 6.10 Å². The number of fused-ring (bicyclic) bond motifs is 3. The van der Waals surface area contributed by atoms with E-state index in [1.54, 1.807) is 25.7 Å². The molecule has 0 bridgehead atoms. The van der Waals surface area contributed by atoms with Gasteiger partial charge in [-0.25, -0.2) is 0 Å². The summed E-state index contributed by atoms with van der Waals surface area (Å²) in [4.78, 5) is 0. The van der Waals surface area contributed by atoms with Crippen molar-refractivity contribution in [2.45, 2.75) is 129 Å². The lowest BCUT2D eigenvalue weighted by molar-refractivity contribution is -0.0539. The maximum atomic E-state index is 6.32. The van der Waals surface area contributed by atoms with Gasteiger partial charge in [0.05, 0.1) is 6.10 Å². The summed E-state index contributed by atoms with van der Waals surface area (Å²) >= 11 is 0. The van der Waals surface area contributed by atoms with Crippen LogP contribution >= 0.6 is 0 Å². The summed E-state index contributed by atoms with van der Waals surface area (Å²) < 4.78 is 6.32. The Labute approximate surface area is 170 Å². The number of hydrogen-bond acceptors (Lipinski definition) is 1. The van der Waals surface area contributed by atoms with E-state index in [0.717, 1.165) is 36.2 Å². The van der Waals surface area contributed by atoms with Gasteiger partial charge in [0.15, 0.2) is 0 Å². The van der Waals surface area contributed by atoms with Crippen LogP contribution in [0.5, 0.6) is 0 Å². The second-order valence-corrected chi connectivity index (χ2v) is 10.3. The number of unbranched alkanes of at least 4 members (excludes halogenated alkanes) is 6. The Balaban J connectivity index is 1.36. The van der Waals surface area contributed by atoms with Crippen LogP contribution in [0.4, 0.5) is 0 Å². The Bertz CT molecular complexity index is 392. The number of rotatable bonds is 11. The lowest BCUT2D eigenvalue weighted by atomic mass is 9.56. The quantitative estimate of drug-likeness (QED) is 0.330. The molecule has 3 aliphatic rings. The van der Waals surface area contributed by atoms with Gasteiger partial charge >= 0.3 is 0 Å². The molecule has 0 aromatic rings. The first-order valence-electron chi connectivity index (χ1n) is 12.9. The predicted molar refractivity (Wildman–Crippen MR) is 117 cm³/mol. The van der Waals surface area contributed by atoms with Gasteiger partial charge < -0.3 is 4.74 Å². The van der Waals surface area contributed by atoms with Gasteiger partial charge in [0.25, 0.3) is 0 Å². The normalized spacial score (nSPS) is 36.2. The minimum absolute atomic E-state index is 0.597. The highest BCUT2D eigenvalue weighted by Gasteiger charge is 2.44. The van der Waals surface area contributed by atoms with Crippen molar-refractivity contribution in [2.24, 2.45) is 29.6 Å². The molecule has 3 fully saturated rings. The van der Waals surface area contributed by atoms with Crippen LogP contribution in [0.15, 0.2) is 0 Å². The van der Waals surface area contributed by atoms with Gasteiger partial charge in [-0.1, -0.05) is 71.6 Å². The second-order valence-electron chi connectivity index (χ2n) is 10.3. The molecule has 158 valence electrons. The SMILES string of the molecule is CCCCCCCO[C@@H]1CCC2C(CCC3C[C@H](CCCCC)CCC32)C1. The first kappa shape index (κ1) is 21.7. The largest absolute Gasteiger partial charge is 0.378 e. The molecule has 3 aliphatic carbocycles. The highest BCUT2D eigenvalue weighted by atomic mass is 16.5. The molecular formula is C26H48O. The lowest BCUT2D eigenvalue weighted by Crippen LogP contribution is -2.42. The molecule has 0 aromatic carbocycles. The fraction of sp³-hybridized carbons (Fsp3) is 1.00. The van der Waals surface area contributed by atoms with E-state index in [2.05, 4.69) is 13.8 Å². The molecule has 0 spiro atoms. The van der Waals surface area contributed by atoms with Gasteiger partial charge in [-0.3, -0.25) is 0 Å². The average molecular weight is 377 g/mol. The van der Waals surface area contributed by atoms with E-state index in [1.807, 2.05) is 0 Å². The molecule has 0 heterocycles. The molecule has 0 amide bonds. The zero-order valence-corrected chi connectivity index (χ0v) is 18.6. The van der Waals surface area contributed by atoms with Crippen LogP contribution in [0, 0.1) is 29.6 Å². The fourth-order valence-corrected chi connectivity index (χ4v) is 6.90. The average Bonchev–Trinajstić information content (AvgIpc) is 2.70. The molecule has 3 rings (SSSR count). The molecular weight excluding hydrogens is 328 g/mol. The van der Waals surface area contributed by atoms with Gasteiger partial charge in [-0.05, 0) is 81.0 Å². The van der Waals surface area contributed by atoms with E-state index in [4.69, 9.17) is 4.74 Å². The Morgan fingerprint density at radius 2 is 1.30 bits per heavy atom. The monoisotopic (exact) mass is 376 g/mol. The maximum Gasteiger partial charge on any atom is 0.0578 e. The fourth-order valence-electron chi connectivity index (χ4n) is 6.90. The first-order valence-corrected chi connectivity index (χ1v) is 12.9. The molecule has 3 saturated carbocycles. The third kappa shape index (κ3) is 6.48. The van der Waals surface area contributed by atoms with Gasteiger partial charge in [-0.2, -0.15) is 0 Å². The van der Waals surface area contributed by atoms with Crippen LogP contribution in [0.3, 0.4) is 0 Å². The molecule has 4 unspecified atom stereocenters. The zero-order valence-electron chi connectivity index (χ0n) is 18.6. The molecule has 6 atom stereocenters. The van der Waals surface area contributed by atoms with Crippen molar-refractivity contribution in [1.82, 2.24) is 0 Å². The van der Waals surface area contributed by atoms with Crippen molar-refractivity contribution in [1.29, 1.82) is 0 Å². The highest BCUT2D eigenvalue weighted by Crippen LogP contribution is 2.53. The zero-order chi connectivity index (χ0) is 18.9. The van der Waals surface area contributed by atoms with Crippen molar-refractivity contribution in [2.75, 3.05) is 6.61 Å². The summed E-state index contributed by atoms with van der Waals surface area (Å²) in [5.74, 6) is 5.30. The Morgan fingerprint density at radius 1 is 0.630 bits per heavy atom. The molecule has 0 radical (unpaired) electrons. The summed E-state index contributed by atoms with van der Waals surface area (Å²) in [5, 5.41) is 0. The van der Waals surface area contributed by atoms with E-state index < -0.39 is 0 Å². The Morgan fingerprint density at radius 3 is 2.07 bits per heavy atom. The highest BCUT2D eigenvalue weighted by molar-refractivity contribution is 4.94. The van der Waals surface area contributed by atoms with Crippen molar-refractivity contribution in [3.05, 3.63) is 0 Å². The van der Waals surface area contributed by atoms with E-state index in [-0.39, 0.29) is 0 Å². The van der Waals surface area contributed by atoms with Crippen molar-refractivity contribution in [3.63, 3.8) is 0 Å². The Kier molecular flexibility index (Phi) is 9.50. The summed E-state index contributed by atoms with van der Waals surface area (Å²) in [6.45, 7) is 5.66. The summed E-state index contributed by atoms with van der Waals surface area (Å²) in [6, 6.07) is 0. The van der Waals surface area contributed by atoms with Crippen LogP contribution in [-0.4, -0.2) is 12.7 Å². The number of ether oxygens (including phenoxy) is 1. The van der Waals surface area contributed by atoms with Crippen molar-refractivity contribution >= 4 is 0 Å². The minimum Gasteiger partial charge on any atom is -0.378 e. The van der Waals surface area contributed by atoms with Gasteiger partial charge in [-0.15, -0.1) is 0 Å². The molecule has 0 saturated heterocycles. The van der Waals surface area contributed by atoms with Gasteiger partial charge in [0.2, 0.25) is 0 Å². The topological polar surface area (TPSA) is 9.23 Å². The second kappa shape index (κ2) is 11.8. The summed E-state index contributed by atoms with van der Waals surface area (Å²) in [6.07, 6.45) is 25.2. The van der Waals surface area contributed by atoms with E-state index in [1.165, 1.54) is 83.5 Å². The smallest absolute Gasteiger partial charge is 0.0578 e. The van der Waals surface area contributed by atoms with Crippen molar-refractivity contribution in [3.8, 4) is 0 Å². The van der Waals surface area contributed by atoms with Gasteiger partial charge in [0, 0.05) is 6.61 Å². The van der Waals surface area contributed by atoms with Gasteiger partial charge in [0.1, 0.15) is 0 Å². The minimum atomic E-state index is 0.597. The number of hydrogen-bond donors (Lipinski definition) is 0. The molecule has 0 N–H and O–H groups in total. The van der Waals surface area contributed by atoms with E-state index in [9.17, 15) is 0 Å².